The summed E-state index contributed by atoms with van der Waals surface area (Å²) >= 11 is 6.89. The van der Waals surface area contributed by atoms with Gasteiger partial charge in [-0.05, 0) is 61.7 Å². The molecule has 2 aromatic carbocycles. The standard InChI is InChI=1S/C21H15Br2N3O5/c1-30-18(27)10-26-20(28)17(25-21(26)29)8-12-6-15(22)19(16(23)7-12)31-11-14-5-3-2-4-13(14)9-24/h2-8H,10-11H2,1H3,(H,25,29)/b17-8+. The highest BCUT2D eigenvalue weighted by molar-refractivity contribution is 9.11. The number of imide groups is 1. The Balaban J connectivity index is 1.79. The first-order valence-electron chi connectivity index (χ1n) is 8.85. The van der Waals surface area contributed by atoms with Crippen molar-refractivity contribution in [1.29, 1.82) is 5.26 Å². The second-order valence-corrected chi connectivity index (χ2v) is 8.04. The second kappa shape index (κ2) is 9.76. The molecule has 1 N–H and O–H groups in total. The fourth-order valence-electron chi connectivity index (χ4n) is 2.78. The lowest BCUT2D eigenvalue weighted by Gasteiger charge is -2.12. The van der Waals surface area contributed by atoms with Gasteiger partial charge in [0.25, 0.3) is 5.91 Å². The number of ether oxygens (including phenoxy) is 2. The quantitative estimate of drug-likeness (QED) is 0.335. The van der Waals surface area contributed by atoms with E-state index in [-0.39, 0.29) is 12.3 Å². The first kappa shape index (κ1) is 22.5. The lowest BCUT2D eigenvalue weighted by molar-refractivity contribution is -0.143. The Kier molecular flexibility index (Phi) is 7.09. The van der Waals surface area contributed by atoms with Gasteiger partial charge in [0.15, 0.2) is 0 Å². The van der Waals surface area contributed by atoms with Crippen LogP contribution in [0.2, 0.25) is 0 Å². The summed E-state index contributed by atoms with van der Waals surface area (Å²) in [5.41, 5.74) is 1.92. The topological polar surface area (TPSA) is 109 Å². The van der Waals surface area contributed by atoms with Crippen LogP contribution in [0.25, 0.3) is 6.08 Å². The number of nitrogens with zero attached hydrogens (tertiary/aromatic N) is 2. The Morgan fingerprint density at radius 2 is 1.90 bits per heavy atom. The zero-order chi connectivity index (χ0) is 22.5. The number of nitrogens with one attached hydrogen (secondary N) is 1. The highest BCUT2D eigenvalue weighted by atomic mass is 79.9. The van der Waals surface area contributed by atoms with E-state index in [1.165, 1.54) is 13.2 Å². The van der Waals surface area contributed by atoms with Crippen molar-refractivity contribution in [3.8, 4) is 11.8 Å². The van der Waals surface area contributed by atoms with Crippen molar-refractivity contribution in [2.24, 2.45) is 0 Å². The predicted octanol–water partition coefficient (Wildman–Crippen LogP) is 3.73. The SMILES string of the molecule is COC(=O)CN1C(=O)N/C(=C/c2cc(Br)c(OCc3ccccc3C#N)c(Br)c2)C1=O. The van der Waals surface area contributed by atoms with E-state index in [4.69, 9.17) is 4.74 Å². The number of hydrogen-bond donors (Lipinski definition) is 1. The maximum Gasteiger partial charge on any atom is 0.329 e. The van der Waals surface area contributed by atoms with Crippen LogP contribution in [-0.2, 0) is 20.9 Å². The van der Waals surface area contributed by atoms with Crippen molar-refractivity contribution in [2.75, 3.05) is 13.7 Å². The molecule has 1 saturated heterocycles. The third kappa shape index (κ3) is 5.13. The van der Waals surface area contributed by atoms with Gasteiger partial charge in [0.2, 0.25) is 0 Å². The highest BCUT2D eigenvalue weighted by Crippen LogP contribution is 2.36. The summed E-state index contributed by atoms with van der Waals surface area (Å²) in [6.07, 6.45) is 1.49. The molecule has 1 aliphatic heterocycles. The molecule has 0 spiro atoms. The van der Waals surface area contributed by atoms with Gasteiger partial charge in [0.1, 0.15) is 24.6 Å². The molecule has 0 aromatic heterocycles. The Morgan fingerprint density at radius 3 is 2.55 bits per heavy atom. The maximum absolute atomic E-state index is 12.4. The van der Waals surface area contributed by atoms with Crippen LogP contribution in [0.15, 0.2) is 51.0 Å². The molecular weight excluding hydrogens is 534 g/mol. The number of urea groups is 1. The average Bonchev–Trinajstić information content (AvgIpc) is 3.00. The third-order valence-corrected chi connectivity index (χ3v) is 5.50. The monoisotopic (exact) mass is 547 g/mol. The number of esters is 1. The van der Waals surface area contributed by atoms with Crippen molar-refractivity contribution in [3.63, 3.8) is 0 Å². The summed E-state index contributed by atoms with van der Waals surface area (Å²) in [5, 5.41) is 11.6. The molecule has 10 heteroatoms. The van der Waals surface area contributed by atoms with E-state index in [1.54, 1.807) is 24.3 Å². The van der Waals surface area contributed by atoms with E-state index in [0.29, 0.717) is 25.8 Å². The van der Waals surface area contributed by atoms with Crippen molar-refractivity contribution in [1.82, 2.24) is 10.2 Å². The summed E-state index contributed by atoms with van der Waals surface area (Å²) in [6.45, 7) is -0.277. The zero-order valence-electron chi connectivity index (χ0n) is 16.1. The van der Waals surface area contributed by atoms with E-state index < -0.39 is 24.5 Å². The van der Waals surface area contributed by atoms with Crippen molar-refractivity contribution >= 4 is 55.8 Å². The van der Waals surface area contributed by atoms with Gasteiger partial charge in [0, 0.05) is 5.56 Å². The van der Waals surface area contributed by atoms with Gasteiger partial charge in [0.05, 0.1) is 27.7 Å². The van der Waals surface area contributed by atoms with Gasteiger partial charge in [-0.2, -0.15) is 5.26 Å². The van der Waals surface area contributed by atoms with Gasteiger partial charge < -0.3 is 14.8 Å². The van der Waals surface area contributed by atoms with Crippen molar-refractivity contribution < 1.29 is 23.9 Å². The number of rotatable bonds is 6. The third-order valence-electron chi connectivity index (χ3n) is 4.32. The van der Waals surface area contributed by atoms with Gasteiger partial charge in [-0.3, -0.25) is 9.59 Å². The summed E-state index contributed by atoms with van der Waals surface area (Å²) < 4.78 is 11.6. The molecule has 1 heterocycles. The van der Waals surface area contributed by atoms with Crippen LogP contribution < -0.4 is 10.1 Å². The normalized spacial score (nSPS) is 14.4. The molecule has 158 valence electrons. The second-order valence-electron chi connectivity index (χ2n) is 6.33. The molecule has 8 nitrogen and oxygen atoms in total. The molecule has 0 bridgehead atoms. The van der Waals surface area contributed by atoms with Crippen LogP contribution in [0.3, 0.4) is 0 Å². The molecule has 0 aliphatic carbocycles. The van der Waals surface area contributed by atoms with Crippen LogP contribution in [0.4, 0.5) is 4.79 Å². The fourth-order valence-corrected chi connectivity index (χ4v) is 4.23. The Hall–Kier alpha value is -3.16. The first-order chi connectivity index (χ1) is 14.8. The Bertz CT molecular complexity index is 1120. The van der Waals surface area contributed by atoms with E-state index in [9.17, 15) is 19.6 Å². The highest BCUT2D eigenvalue weighted by Gasteiger charge is 2.35. The zero-order valence-corrected chi connectivity index (χ0v) is 19.3. The largest absolute Gasteiger partial charge is 0.486 e. The summed E-state index contributed by atoms with van der Waals surface area (Å²) in [4.78, 5) is 36.6. The molecule has 0 atom stereocenters. The lowest BCUT2D eigenvalue weighted by atomic mass is 10.1. The summed E-state index contributed by atoms with van der Waals surface area (Å²) in [6, 6.07) is 12.0. The lowest BCUT2D eigenvalue weighted by Crippen LogP contribution is -2.36. The smallest absolute Gasteiger partial charge is 0.329 e. The van der Waals surface area contributed by atoms with Gasteiger partial charge in [-0.25, -0.2) is 9.69 Å². The number of carbonyl (C=O) groups is 3. The number of halogens is 2. The number of nitriles is 1. The number of methoxy groups -OCH3 is 1. The van der Waals surface area contributed by atoms with Crippen LogP contribution >= 0.6 is 31.9 Å². The van der Waals surface area contributed by atoms with Gasteiger partial charge in [-0.1, -0.05) is 18.2 Å². The number of benzene rings is 2. The molecule has 1 aliphatic rings. The van der Waals surface area contributed by atoms with Crippen molar-refractivity contribution in [3.05, 3.63) is 67.7 Å². The van der Waals surface area contributed by atoms with Gasteiger partial charge >= 0.3 is 12.0 Å². The van der Waals surface area contributed by atoms with E-state index in [2.05, 4.69) is 48.0 Å². The average molecular weight is 549 g/mol. The molecule has 0 unspecified atom stereocenters. The minimum Gasteiger partial charge on any atom is -0.486 e. The summed E-state index contributed by atoms with van der Waals surface area (Å²) in [5.74, 6) is -0.810. The maximum atomic E-state index is 12.4. The number of carbonyl (C=O) groups excluding carboxylic acids is 3. The van der Waals surface area contributed by atoms with Crippen molar-refractivity contribution in [2.45, 2.75) is 6.61 Å². The van der Waals surface area contributed by atoms with Crippen LogP contribution in [0, 0.1) is 11.3 Å². The predicted molar refractivity (Wildman–Crippen MR) is 118 cm³/mol. The van der Waals surface area contributed by atoms with Crippen LogP contribution in [0.5, 0.6) is 5.75 Å². The molecular formula is C21H15Br2N3O5. The van der Waals surface area contributed by atoms with Gasteiger partial charge in [-0.15, -0.1) is 0 Å². The molecule has 2 aromatic rings. The van der Waals surface area contributed by atoms with E-state index in [0.717, 1.165) is 10.5 Å². The molecule has 0 radical (unpaired) electrons. The number of hydrogen-bond acceptors (Lipinski definition) is 6. The molecule has 0 saturated carbocycles. The molecule has 3 amide bonds. The molecule has 3 rings (SSSR count). The van der Waals surface area contributed by atoms with Crippen LogP contribution in [0.1, 0.15) is 16.7 Å². The fraction of sp³-hybridized carbons (Fsp3) is 0.143. The van der Waals surface area contributed by atoms with Crippen LogP contribution in [-0.4, -0.2) is 36.5 Å². The number of amides is 3. The molecule has 31 heavy (non-hydrogen) atoms. The minimum absolute atomic E-state index is 0.0318. The molecule has 1 fully saturated rings. The van der Waals surface area contributed by atoms with E-state index >= 15 is 0 Å². The Labute approximate surface area is 194 Å². The Morgan fingerprint density at radius 1 is 1.23 bits per heavy atom. The minimum atomic E-state index is -0.699. The first-order valence-corrected chi connectivity index (χ1v) is 10.4. The van der Waals surface area contributed by atoms with E-state index in [1.807, 2.05) is 12.1 Å². The summed E-state index contributed by atoms with van der Waals surface area (Å²) in [7, 11) is 1.18.